The van der Waals surface area contributed by atoms with Gasteiger partial charge in [-0.2, -0.15) is 0 Å². The second-order valence-corrected chi connectivity index (χ2v) is 4.58. The molecule has 0 radical (unpaired) electrons. The Morgan fingerprint density at radius 3 is 2.75 bits per heavy atom. The van der Waals surface area contributed by atoms with Crippen LogP contribution in [0.15, 0.2) is 12.1 Å². The molecule has 1 fully saturated rings. The lowest BCUT2D eigenvalue weighted by atomic mass is 10.1. The number of aromatic carboxylic acids is 1. The molecule has 0 saturated carbocycles. The van der Waals surface area contributed by atoms with Gasteiger partial charge in [0, 0.05) is 30.3 Å². The number of nitro groups is 1. The number of carboxylic acids is 1. The Morgan fingerprint density at radius 1 is 1.55 bits per heavy atom. The molecular weight excluding hydrogens is 266 g/mol. The first kappa shape index (κ1) is 13.8. The molecule has 1 amide bonds. The number of carbonyl (C=O) groups excluding carboxylic acids is 1. The number of anilines is 1. The zero-order valence-corrected chi connectivity index (χ0v) is 10.7. The molecule has 1 saturated heterocycles. The molecule has 1 aliphatic rings. The van der Waals surface area contributed by atoms with E-state index < -0.39 is 10.9 Å². The number of amides is 1. The van der Waals surface area contributed by atoms with Crippen LogP contribution in [0.3, 0.4) is 0 Å². The summed E-state index contributed by atoms with van der Waals surface area (Å²) in [5.74, 6) is -1.35. The summed E-state index contributed by atoms with van der Waals surface area (Å²) < 4.78 is 0. The molecule has 1 aliphatic heterocycles. The molecular formula is C12H13N3O5. The maximum absolute atomic E-state index is 11.1. The minimum atomic E-state index is -1.24. The number of nitrogens with one attached hydrogen (secondary N) is 2. The van der Waals surface area contributed by atoms with Gasteiger partial charge in [0.25, 0.3) is 5.69 Å². The fraction of sp³-hybridized carbons (Fsp3) is 0.333. The molecule has 8 nitrogen and oxygen atoms in total. The van der Waals surface area contributed by atoms with Crippen LogP contribution in [0.25, 0.3) is 0 Å². The number of hydrogen-bond donors (Lipinski definition) is 3. The summed E-state index contributed by atoms with van der Waals surface area (Å²) in [6, 6.07) is 2.17. The van der Waals surface area contributed by atoms with Crippen LogP contribution in [-0.2, 0) is 4.79 Å². The second-order valence-electron chi connectivity index (χ2n) is 4.58. The third-order valence-electron chi connectivity index (χ3n) is 3.16. The summed E-state index contributed by atoms with van der Waals surface area (Å²) in [5.41, 5.74) is 0.282. The van der Waals surface area contributed by atoms with Crippen molar-refractivity contribution in [3.8, 4) is 0 Å². The Balaban J connectivity index is 2.37. The fourth-order valence-corrected chi connectivity index (χ4v) is 2.09. The van der Waals surface area contributed by atoms with Gasteiger partial charge in [0.2, 0.25) is 5.91 Å². The summed E-state index contributed by atoms with van der Waals surface area (Å²) in [4.78, 5) is 32.5. The molecule has 1 aromatic carbocycles. The number of carbonyl (C=O) groups is 2. The fourth-order valence-electron chi connectivity index (χ4n) is 2.09. The molecule has 106 valence electrons. The minimum Gasteiger partial charge on any atom is -0.478 e. The van der Waals surface area contributed by atoms with Crippen LogP contribution in [-0.4, -0.2) is 34.5 Å². The summed E-state index contributed by atoms with van der Waals surface area (Å²) in [7, 11) is 0. The van der Waals surface area contributed by atoms with Gasteiger partial charge in [-0.3, -0.25) is 14.9 Å². The van der Waals surface area contributed by atoms with Crippen LogP contribution < -0.4 is 10.6 Å². The van der Waals surface area contributed by atoms with Crippen LogP contribution in [0, 0.1) is 17.0 Å². The van der Waals surface area contributed by atoms with Crippen LogP contribution in [0.4, 0.5) is 11.4 Å². The van der Waals surface area contributed by atoms with Gasteiger partial charge in [-0.1, -0.05) is 0 Å². The van der Waals surface area contributed by atoms with Crippen LogP contribution in [0.5, 0.6) is 0 Å². The van der Waals surface area contributed by atoms with E-state index in [4.69, 9.17) is 5.11 Å². The number of carboxylic acid groups (broad SMARTS) is 1. The second kappa shape index (κ2) is 5.16. The highest BCUT2D eigenvalue weighted by Crippen LogP contribution is 2.28. The molecule has 8 heteroatoms. The number of rotatable bonds is 4. The highest BCUT2D eigenvalue weighted by molar-refractivity contribution is 5.91. The van der Waals surface area contributed by atoms with Gasteiger partial charge in [0.05, 0.1) is 16.5 Å². The molecule has 0 aliphatic carbocycles. The van der Waals surface area contributed by atoms with E-state index >= 15 is 0 Å². The lowest BCUT2D eigenvalue weighted by molar-refractivity contribution is -0.385. The van der Waals surface area contributed by atoms with Gasteiger partial charge in [-0.15, -0.1) is 0 Å². The maximum atomic E-state index is 11.1. The predicted molar refractivity (Wildman–Crippen MR) is 69.8 cm³/mol. The van der Waals surface area contributed by atoms with Crippen molar-refractivity contribution in [2.75, 3.05) is 11.9 Å². The lowest BCUT2D eigenvalue weighted by Crippen LogP contribution is -2.23. The van der Waals surface area contributed by atoms with Crippen molar-refractivity contribution in [2.45, 2.75) is 19.4 Å². The van der Waals surface area contributed by atoms with Crippen LogP contribution in [0.1, 0.15) is 22.3 Å². The topological polar surface area (TPSA) is 122 Å². The molecule has 0 aromatic heterocycles. The standard InChI is InChI=1S/C12H13N3O5/c1-6-9(14-8-4-11(16)13-5-8)2-7(12(17)18)3-10(6)15(19)20/h2-3,8,14H,4-5H2,1H3,(H,13,16)(H,17,18). The third kappa shape index (κ3) is 2.68. The summed E-state index contributed by atoms with van der Waals surface area (Å²) in [6.45, 7) is 1.94. The minimum absolute atomic E-state index is 0.107. The Kier molecular flexibility index (Phi) is 3.55. The van der Waals surface area contributed by atoms with E-state index in [9.17, 15) is 19.7 Å². The van der Waals surface area contributed by atoms with Crippen LogP contribution in [0.2, 0.25) is 0 Å². The Labute approximate surface area is 113 Å². The first-order valence-electron chi connectivity index (χ1n) is 5.94. The molecule has 1 atom stereocenters. The zero-order chi connectivity index (χ0) is 14.9. The average molecular weight is 279 g/mol. The van der Waals surface area contributed by atoms with Gasteiger partial charge in [-0.25, -0.2) is 4.79 Å². The Bertz CT molecular complexity index is 599. The molecule has 0 spiro atoms. The summed E-state index contributed by atoms with van der Waals surface area (Å²) in [6.07, 6.45) is 0.255. The molecule has 3 N–H and O–H groups in total. The molecule has 1 unspecified atom stereocenters. The maximum Gasteiger partial charge on any atom is 0.336 e. The average Bonchev–Trinajstić information content (AvgIpc) is 2.76. The highest BCUT2D eigenvalue weighted by Gasteiger charge is 2.24. The van der Waals surface area contributed by atoms with E-state index in [1.807, 2.05) is 0 Å². The van der Waals surface area contributed by atoms with Gasteiger partial charge >= 0.3 is 5.97 Å². The van der Waals surface area contributed by atoms with E-state index in [-0.39, 0.29) is 29.6 Å². The number of nitrogens with zero attached hydrogens (tertiary/aromatic N) is 1. The van der Waals surface area contributed by atoms with Crippen LogP contribution >= 0.6 is 0 Å². The van der Waals surface area contributed by atoms with Crippen molar-refractivity contribution in [2.24, 2.45) is 0 Å². The SMILES string of the molecule is Cc1c(NC2CNC(=O)C2)cc(C(=O)O)cc1[N+](=O)[O-]. The van der Waals surface area contributed by atoms with E-state index in [1.165, 1.54) is 13.0 Å². The summed E-state index contributed by atoms with van der Waals surface area (Å²) >= 11 is 0. The van der Waals surface area contributed by atoms with Gasteiger partial charge < -0.3 is 15.7 Å². The number of hydrogen-bond acceptors (Lipinski definition) is 5. The van der Waals surface area contributed by atoms with Gasteiger partial charge in [-0.05, 0) is 13.0 Å². The van der Waals surface area contributed by atoms with E-state index in [1.54, 1.807) is 0 Å². The summed E-state index contributed by atoms with van der Waals surface area (Å²) in [5, 5.41) is 25.6. The van der Waals surface area contributed by atoms with Crippen molar-refractivity contribution in [1.29, 1.82) is 0 Å². The van der Waals surface area contributed by atoms with E-state index in [0.29, 0.717) is 17.8 Å². The largest absolute Gasteiger partial charge is 0.478 e. The number of benzene rings is 1. The van der Waals surface area contributed by atoms with Crippen molar-refractivity contribution in [3.63, 3.8) is 0 Å². The highest BCUT2D eigenvalue weighted by atomic mass is 16.6. The molecule has 0 bridgehead atoms. The molecule has 1 aromatic rings. The van der Waals surface area contributed by atoms with Crippen molar-refractivity contribution >= 4 is 23.3 Å². The Hall–Kier alpha value is -2.64. The quantitative estimate of drug-likeness (QED) is 0.556. The zero-order valence-electron chi connectivity index (χ0n) is 10.7. The normalized spacial score (nSPS) is 17.6. The smallest absolute Gasteiger partial charge is 0.336 e. The monoisotopic (exact) mass is 279 g/mol. The third-order valence-corrected chi connectivity index (χ3v) is 3.16. The molecule has 1 heterocycles. The van der Waals surface area contributed by atoms with E-state index in [2.05, 4.69) is 10.6 Å². The molecule has 20 heavy (non-hydrogen) atoms. The van der Waals surface area contributed by atoms with Gasteiger partial charge in [0.1, 0.15) is 0 Å². The van der Waals surface area contributed by atoms with Gasteiger partial charge in [0.15, 0.2) is 0 Å². The number of nitro benzene ring substituents is 1. The lowest BCUT2D eigenvalue weighted by Gasteiger charge is -2.15. The first-order chi connectivity index (χ1) is 9.38. The van der Waals surface area contributed by atoms with E-state index in [0.717, 1.165) is 6.07 Å². The van der Waals surface area contributed by atoms with Crippen molar-refractivity contribution < 1.29 is 19.6 Å². The predicted octanol–water partition coefficient (Wildman–Crippen LogP) is 0.902. The van der Waals surface area contributed by atoms with Crippen molar-refractivity contribution in [1.82, 2.24) is 5.32 Å². The molecule has 2 rings (SSSR count). The first-order valence-corrected chi connectivity index (χ1v) is 5.94. The van der Waals surface area contributed by atoms with Crippen molar-refractivity contribution in [3.05, 3.63) is 33.4 Å². The Morgan fingerprint density at radius 2 is 2.25 bits per heavy atom.